The van der Waals surface area contributed by atoms with E-state index in [1.165, 1.54) is 31.3 Å². The summed E-state index contributed by atoms with van der Waals surface area (Å²) in [5, 5.41) is 15.7. The molecular weight excluding hydrogens is 399 g/mol. The number of nitrogens with one attached hydrogen (secondary N) is 1. The second-order valence-electron chi connectivity index (χ2n) is 6.42. The van der Waals surface area contributed by atoms with Gasteiger partial charge in [-0.2, -0.15) is 10.4 Å². The number of hydrogen-bond donors (Lipinski definition) is 1. The standard InChI is InChI=1S/C20H16F3N5O2/c1-13-8-14(3-5-17(13)30-20(21,22)23)9-19(29)26-18-6-7-28(27-18)12-16-4-2-15(10-24)11-25-16/h2-8,11H,9,12H2,1H3,(H,26,27,29). The van der Waals surface area contributed by atoms with E-state index in [9.17, 15) is 18.0 Å². The molecule has 0 unspecified atom stereocenters. The number of nitrogens with zero attached hydrogens (tertiary/aromatic N) is 4. The van der Waals surface area contributed by atoms with Crippen molar-refractivity contribution in [3.8, 4) is 11.8 Å². The lowest BCUT2D eigenvalue weighted by atomic mass is 10.1. The van der Waals surface area contributed by atoms with Crippen LogP contribution in [0.4, 0.5) is 19.0 Å². The van der Waals surface area contributed by atoms with Crippen molar-refractivity contribution in [1.29, 1.82) is 5.26 Å². The molecule has 10 heteroatoms. The number of amides is 1. The number of carbonyl (C=O) groups excluding carboxylic acids is 1. The molecule has 0 saturated carbocycles. The molecule has 0 aliphatic carbocycles. The lowest BCUT2D eigenvalue weighted by molar-refractivity contribution is -0.274. The summed E-state index contributed by atoms with van der Waals surface area (Å²) in [6.07, 6.45) is -1.66. The maximum absolute atomic E-state index is 12.3. The second kappa shape index (κ2) is 8.65. The van der Waals surface area contributed by atoms with Gasteiger partial charge in [-0.1, -0.05) is 12.1 Å². The van der Waals surface area contributed by atoms with Crippen molar-refractivity contribution < 1.29 is 22.7 Å². The number of anilines is 1. The van der Waals surface area contributed by atoms with Crippen LogP contribution in [0.5, 0.6) is 5.75 Å². The van der Waals surface area contributed by atoms with E-state index < -0.39 is 6.36 Å². The molecule has 3 rings (SSSR count). The predicted molar refractivity (Wildman–Crippen MR) is 100 cm³/mol. The van der Waals surface area contributed by atoms with Gasteiger partial charge in [-0.3, -0.25) is 14.5 Å². The number of rotatable bonds is 6. The summed E-state index contributed by atoms with van der Waals surface area (Å²) in [6.45, 7) is 1.84. The van der Waals surface area contributed by atoms with E-state index in [4.69, 9.17) is 5.26 Å². The fourth-order valence-electron chi connectivity index (χ4n) is 2.70. The van der Waals surface area contributed by atoms with Gasteiger partial charge in [0.2, 0.25) is 5.91 Å². The molecule has 2 heterocycles. The fraction of sp³-hybridized carbons (Fsp3) is 0.200. The summed E-state index contributed by atoms with van der Waals surface area (Å²) in [7, 11) is 0. The van der Waals surface area contributed by atoms with Crippen LogP contribution >= 0.6 is 0 Å². The van der Waals surface area contributed by atoms with Gasteiger partial charge in [0.25, 0.3) is 0 Å². The molecule has 0 spiro atoms. The maximum atomic E-state index is 12.3. The average molecular weight is 415 g/mol. The van der Waals surface area contributed by atoms with Crippen molar-refractivity contribution in [2.75, 3.05) is 5.32 Å². The molecule has 0 aliphatic heterocycles. The van der Waals surface area contributed by atoms with Gasteiger partial charge in [0, 0.05) is 18.5 Å². The van der Waals surface area contributed by atoms with Crippen LogP contribution in [0, 0.1) is 18.3 Å². The lowest BCUT2D eigenvalue weighted by Crippen LogP contribution is -2.18. The molecule has 0 saturated heterocycles. The quantitative estimate of drug-likeness (QED) is 0.664. The SMILES string of the molecule is Cc1cc(CC(=O)Nc2ccn(Cc3ccc(C#N)cn3)n2)ccc1OC(F)(F)F. The third-order valence-electron chi connectivity index (χ3n) is 4.02. The highest BCUT2D eigenvalue weighted by molar-refractivity contribution is 5.91. The smallest absolute Gasteiger partial charge is 0.406 e. The van der Waals surface area contributed by atoms with Gasteiger partial charge < -0.3 is 10.1 Å². The normalized spacial score (nSPS) is 11.0. The van der Waals surface area contributed by atoms with Crippen LogP contribution in [-0.4, -0.2) is 27.0 Å². The number of nitriles is 1. The molecule has 1 amide bonds. The molecule has 0 bridgehead atoms. The first kappa shape index (κ1) is 20.9. The van der Waals surface area contributed by atoms with Gasteiger partial charge in [-0.05, 0) is 36.2 Å². The Balaban J connectivity index is 1.57. The topological polar surface area (TPSA) is 92.8 Å². The van der Waals surface area contributed by atoms with E-state index in [-0.39, 0.29) is 23.6 Å². The number of benzene rings is 1. The van der Waals surface area contributed by atoms with Crippen LogP contribution in [0.2, 0.25) is 0 Å². The molecule has 0 aliphatic rings. The highest BCUT2D eigenvalue weighted by Gasteiger charge is 2.31. The molecule has 0 atom stereocenters. The lowest BCUT2D eigenvalue weighted by Gasteiger charge is -2.12. The van der Waals surface area contributed by atoms with Crippen LogP contribution in [0.1, 0.15) is 22.4 Å². The van der Waals surface area contributed by atoms with E-state index in [1.54, 1.807) is 29.1 Å². The molecule has 1 N–H and O–H groups in total. The van der Waals surface area contributed by atoms with E-state index in [2.05, 4.69) is 20.1 Å². The fourth-order valence-corrected chi connectivity index (χ4v) is 2.70. The molecule has 154 valence electrons. The van der Waals surface area contributed by atoms with Crippen molar-refractivity contribution in [1.82, 2.24) is 14.8 Å². The number of ether oxygens (including phenoxy) is 1. The summed E-state index contributed by atoms with van der Waals surface area (Å²) < 4.78 is 42.5. The Kier molecular flexibility index (Phi) is 6.01. The highest BCUT2D eigenvalue weighted by atomic mass is 19.4. The van der Waals surface area contributed by atoms with Crippen LogP contribution in [0.25, 0.3) is 0 Å². The number of aromatic nitrogens is 3. The molecule has 30 heavy (non-hydrogen) atoms. The van der Waals surface area contributed by atoms with Gasteiger partial charge in [-0.15, -0.1) is 13.2 Å². The molecule has 7 nitrogen and oxygen atoms in total. The number of aryl methyl sites for hydroxylation is 1. The van der Waals surface area contributed by atoms with Crippen LogP contribution in [-0.2, 0) is 17.8 Å². The first-order chi connectivity index (χ1) is 14.2. The Labute approximate surface area is 169 Å². The Hall–Kier alpha value is -3.87. The van der Waals surface area contributed by atoms with Crippen molar-refractivity contribution >= 4 is 11.7 Å². The third kappa shape index (κ3) is 5.81. The van der Waals surface area contributed by atoms with Gasteiger partial charge >= 0.3 is 6.36 Å². The Bertz CT molecular complexity index is 1090. The van der Waals surface area contributed by atoms with Crippen molar-refractivity contribution in [2.45, 2.75) is 26.3 Å². The van der Waals surface area contributed by atoms with Crippen molar-refractivity contribution in [2.24, 2.45) is 0 Å². The minimum Gasteiger partial charge on any atom is -0.406 e. The predicted octanol–water partition coefficient (Wildman–Crippen LogP) is 3.59. The zero-order valence-electron chi connectivity index (χ0n) is 15.8. The zero-order chi connectivity index (χ0) is 21.7. The minimum atomic E-state index is -4.77. The second-order valence-corrected chi connectivity index (χ2v) is 6.42. The van der Waals surface area contributed by atoms with E-state index >= 15 is 0 Å². The monoisotopic (exact) mass is 415 g/mol. The number of carbonyl (C=O) groups is 1. The van der Waals surface area contributed by atoms with Crippen LogP contribution < -0.4 is 10.1 Å². The van der Waals surface area contributed by atoms with E-state index in [1.807, 2.05) is 6.07 Å². The maximum Gasteiger partial charge on any atom is 0.573 e. The first-order valence-electron chi connectivity index (χ1n) is 8.75. The van der Waals surface area contributed by atoms with Gasteiger partial charge in [0.05, 0.1) is 24.2 Å². The van der Waals surface area contributed by atoms with Crippen molar-refractivity contribution in [3.63, 3.8) is 0 Å². The van der Waals surface area contributed by atoms with E-state index in [0.717, 1.165) is 0 Å². The summed E-state index contributed by atoms with van der Waals surface area (Å²) >= 11 is 0. The Morgan fingerprint density at radius 2 is 2.07 bits per heavy atom. The Morgan fingerprint density at radius 1 is 1.27 bits per heavy atom. The Morgan fingerprint density at radius 3 is 2.70 bits per heavy atom. The molecule has 2 aromatic heterocycles. The largest absolute Gasteiger partial charge is 0.573 e. The van der Waals surface area contributed by atoms with Crippen molar-refractivity contribution in [3.05, 3.63) is 71.2 Å². The number of hydrogen-bond acceptors (Lipinski definition) is 5. The minimum absolute atomic E-state index is 0.0306. The third-order valence-corrected chi connectivity index (χ3v) is 4.02. The summed E-state index contributed by atoms with van der Waals surface area (Å²) in [6, 6.07) is 11.0. The number of halogens is 3. The summed E-state index contributed by atoms with van der Waals surface area (Å²) in [5.41, 5.74) is 1.98. The highest BCUT2D eigenvalue weighted by Crippen LogP contribution is 2.26. The zero-order valence-corrected chi connectivity index (χ0v) is 15.8. The van der Waals surface area contributed by atoms with E-state index in [0.29, 0.717) is 29.2 Å². The summed E-state index contributed by atoms with van der Waals surface area (Å²) in [5.74, 6) is -0.329. The first-order valence-corrected chi connectivity index (χ1v) is 8.75. The summed E-state index contributed by atoms with van der Waals surface area (Å²) in [4.78, 5) is 16.4. The van der Waals surface area contributed by atoms with Gasteiger partial charge in [-0.25, -0.2) is 0 Å². The molecule has 1 aromatic carbocycles. The molecule has 0 radical (unpaired) electrons. The van der Waals surface area contributed by atoms with Gasteiger partial charge in [0.1, 0.15) is 11.8 Å². The molecule has 3 aromatic rings. The molecular formula is C20H16F3N5O2. The number of pyridine rings is 1. The molecule has 0 fully saturated rings. The van der Waals surface area contributed by atoms with Gasteiger partial charge in [0.15, 0.2) is 5.82 Å². The average Bonchev–Trinajstić information content (AvgIpc) is 3.10. The number of alkyl halides is 3. The van der Waals surface area contributed by atoms with Crippen LogP contribution in [0.3, 0.4) is 0 Å². The van der Waals surface area contributed by atoms with Crippen LogP contribution in [0.15, 0.2) is 48.8 Å².